The lowest BCUT2D eigenvalue weighted by Crippen LogP contribution is -2.11. The number of hydrogen-bond donors (Lipinski definition) is 1. The topological polar surface area (TPSA) is 21.3 Å². The minimum absolute atomic E-state index is 0.600. The molecule has 0 radical (unpaired) electrons. The van der Waals surface area contributed by atoms with Crippen LogP contribution in [0.4, 0.5) is 5.69 Å². The van der Waals surface area contributed by atoms with Gasteiger partial charge in [0.1, 0.15) is 12.4 Å². The molecule has 0 atom stereocenters. The lowest BCUT2D eigenvalue weighted by Gasteiger charge is -2.10. The summed E-state index contributed by atoms with van der Waals surface area (Å²) in [5, 5.41) is 3.98. The van der Waals surface area contributed by atoms with E-state index in [0.29, 0.717) is 18.2 Å². The number of ether oxygens (including phenoxy) is 1. The Morgan fingerprint density at radius 2 is 1.89 bits per heavy atom. The summed E-state index contributed by atoms with van der Waals surface area (Å²) in [5.41, 5.74) is 0.971. The van der Waals surface area contributed by atoms with Gasteiger partial charge in [0.25, 0.3) is 0 Å². The first-order chi connectivity index (χ1) is 8.75. The molecule has 2 rings (SSSR count). The highest BCUT2D eigenvalue weighted by Crippen LogP contribution is 2.25. The summed E-state index contributed by atoms with van der Waals surface area (Å²) in [5.74, 6) is 0.879. The second kappa shape index (κ2) is 6.66. The SMILES string of the molecule is Clc1ccc(Br)c(NCCOc2ccccc2)c1. The van der Waals surface area contributed by atoms with E-state index in [4.69, 9.17) is 16.3 Å². The lowest BCUT2D eigenvalue weighted by atomic mass is 10.3. The van der Waals surface area contributed by atoms with Gasteiger partial charge in [-0.3, -0.25) is 0 Å². The minimum Gasteiger partial charge on any atom is -0.492 e. The van der Waals surface area contributed by atoms with Gasteiger partial charge in [0.15, 0.2) is 0 Å². The number of halogens is 2. The van der Waals surface area contributed by atoms with Gasteiger partial charge in [-0.25, -0.2) is 0 Å². The molecule has 0 spiro atoms. The second-order valence-corrected chi connectivity index (χ2v) is 5.00. The Balaban J connectivity index is 1.80. The average Bonchev–Trinajstić information content (AvgIpc) is 2.40. The van der Waals surface area contributed by atoms with Crippen LogP contribution in [-0.4, -0.2) is 13.2 Å². The molecule has 2 aromatic rings. The van der Waals surface area contributed by atoms with Gasteiger partial charge in [0.2, 0.25) is 0 Å². The van der Waals surface area contributed by atoms with Crippen LogP contribution in [0.1, 0.15) is 0 Å². The monoisotopic (exact) mass is 325 g/mol. The van der Waals surface area contributed by atoms with Gasteiger partial charge in [-0.2, -0.15) is 0 Å². The quantitative estimate of drug-likeness (QED) is 0.811. The fourth-order valence-corrected chi connectivity index (χ4v) is 2.06. The van der Waals surface area contributed by atoms with E-state index in [9.17, 15) is 0 Å². The van der Waals surface area contributed by atoms with E-state index in [1.165, 1.54) is 0 Å². The second-order valence-electron chi connectivity index (χ2n) is 3.71. The molecule has 0 aliphatic heterocycles. The van der Waals surface area contributed by atoms with Crippen molar-refractivity contribution in [2.75, 3.05) is 18.5 Å². The molecule has 2 aromatic carbocycles. The largest absolute Gasteiger partial charge is 0.492 e. The van der Waals surface area contributed by atoms with Gasteiger partial charge in [0, 0.05) is 16.0 Å². The summed E-state index contributed by atoms with van der Waals surface area (Å²) in [6.07, 6.45) is 0. The Kier molecular flexibility index (Phi) is 4.90. The zero-order valence-electron chi connectivity index (χ0n) is 9.70. The van der Waals surface area contributed by atoms with Crippen LogP contribution in [0.25, 0.3) is 0 Å². The smallest absolute Gasteiger partial charge is 0.119 e. The number of rotatable bonds is 5. The number of hydrogen-bond acceptors (Lipinski definition) is 2. The maximum absolute atomic E-state index is 5.93. The number of benzene rings is 2. The normalized spacial score (nSPS) is 10.1. The molecule has 2 nitrogen and oxygen atoms in total. The molecule has 0 unspecified atom stereocenters. The summed E-state index contributed by atoms with van der Waals surface area (Å²) < 4.78 is 6.58. The molecule has 0 bridgehead atoms. The van der Waals surface area contributed by atoms with Crippen molar-refractivity contribution in [2.45, 2.75) is 0 Å². The van der Waals surface area contributed by atoms with E-state index < -0.39 is 0 Å². The molecule has 0 amide bonds. The molecular weight excluding hydrogens is 314 g/mol. The first-order valence-corrected chi connectivity index (χ1v) is 6.79. The maximum Gasteiger partial charge on any atom is 0.119 e. The molecule has 4 heteroatoms. The molecule has 0 aliphatic carbocycles. The van der Waals surface area contributed by atoms with Crippen molar-refractivity contribution in [1.82, 2.24) is 0 Å². The van der Waals surface area contributed by atoms with Crippen molar-refractivity contribution in [3.05, 3.63) is 58.0 Å². The van der Waals surface area contributed by atoms with E-state index in [0.717, 1.165) is 15.9 Å². The summed E-state index contributed by atoms with van der Waals surface area (Å²) >= 11 is 9.40. The van der Waals surface area contributed by atoms with Crippen molar-refractivity contribution in [3.8, 4) is 5.75 Å². The van der Waals surface area contributed by atoms with Gasteiger partial charge in [-0.15, -0.1) is 0 Å². The van der Waals surface area contributed by atoms with Crippen LogP contribution in [0.3, 0.4) is 0 Å². The Hall–Kier alpha value is -1.19. The third-order valence-electron chi connectivity index (χ3n) is 2.36. The van der Waals surface area contributed by atoms with E-state index in [1.807, 2.05) is 48.5 Å². The van der Waals surface area contributed by atoms with Crippen molar-refractivity contribution in [2.24, 2.45) is 0 Å². The van der Waals surface area contributed by atoms with Gasteiger partial charge in [0.05, 0.1) is 5.69 Å². The predicted octanol–water partition coefficient (Wildman–Crippen LogP) is 4.59. The number of para-hydroxylation sites is 1. The van der Waals surface area contributed by atoms with E-state index in [-0.39, 0.29) is 0 Å². The van der Waals surface area contributed by atoms with Gasteiger partial charge >= 0.3 is 0 Å². The van der Waals surface area contributed by atoms with E-state index >= 15 is 0 Å². The maximum atomic E-state index is 5.93. The molecule has 0 heterocycles. The van der Waals surface area contributed by atoms with Gasteiger partial charge in [-0.05, 0) is 46.3 Å². The zero-order chi connectivity index (χ0) is 12.8. The minimum atomic E-state index is 0.600. The fourth-order valence-electron chi connectivity index (χ4n) is 1.50. The molecule has 0 aromatic heterocycles. The van der Waals surface area contributed by atoms with Gasteiger partial charge < -0.3 is 10.1 Å². The predicted molar refractivity (Wildman–Crippen MR) is 79.6 cm³/mol. The van der Waals surface area contributed by atoms with Crippen molar-refractivity contribution >= 4 is 33.2 Å². The first-order valence-electron chi connectivity index (χ1n) is 5.62. The zero-order valence-corrected chi connectivity index (χ0v) is 12.0. The molecule has 0 saturated heterocycles. The van der Waals surface area contributed by atoms with Crippen molar-refractivity contribution in [1.29, 1.82) is 0 Å². The summed E-state index contributed by atoms with van der Waals surface area (Å²) in [4.78, 5) is 0. The van der Waals surface area contributed by atoms with Crippen molar-refractivity contribution < 1.29 is 4.74 Å². The Labute approximate surface area is 120 Å². The molecule has 0 fully saturated rings. The Morgan fingerprint density at radius 3 is 2.67 bits per heavy atom. The highest BCUT2D eigenvalue weighted by atomic mass is 79.9. The molecule has 94 valence electrons. The average molecular weight is 327 g/mol. The van der Waals surface area contributed by atoms with E-state index in [2.05, 4.69) is 21.2 Å². The molecular formula is C14H13BrClNO. The lowest BCUT2D eigenvalue weighted by molar-refractivity contribution is 0.333. The van der Waals surface area contributed by atoms with Crippen LogP contribution < -0.4 is 10.1 Å². The third kappa shape index (κ3) is 3.93. The van der Waals surface area contributed by atoms with Crippen LogP contribution in [0.15, 0.2) is 53.0 Å². The molecule has 1 N–H and O–H groups in total. The van der Waals surface area contributed by atoms with Crippen LogP contribution in [-0.2, 0) is 0 Å². The van der Waals surface area contributed by atoms with Crippen LogP contribution in [0.2, 0.25) is 5.02 Å². The third-order valence-corrected chi connectivity index (χ3v) is 3.28. The number of anilines is 1. The highest BCUT2D eigenvalue weighted by molar-refractivity contribution is 9.10. The Bertz CT molecular complexity index is 504. The van der Waals surface area contributed by atoms with Crippen LogP contribution in [0.5, 0.6) is 5.75 Å². The Morgan fingerprint density at radius 1 is 1.11 bits per heavy atom. The van der Waals surface area contributed by atoms with Crippen LogP contribution >= 0.6 is 27.5 Å². The van der Waals surface area contributed by atoms with E-state index in [1.54, 1.807) is 0 Å². The van der Waals surface area contributed by atoms with Crippen molar-refractivity contribution in [3.63, 3.8) is 0 Å². The summed E-state index contributed by atoms with van der Waals surface area (Å²) in [6, 6.07) is 15.4. The summed E-state index contributed by atoms with van der Waals surface area (Å²) in [7, 11) is 0. The number of nitrogens with one attached hydrogen (secondary N) is 1. The molecule has 18 heavy (non-hydrogen) atoms. The summed E-state index contributed by atoms with van der Waals surface area (Å²) in [6.45, 7) is 1.32. The molecule has 0 saturated carbocycles. The standard InChI is InChI=1S/C14H13BrClNO/c15-13-7-6-11(16)10-14(13)17-8-9-18-12-4-2-1-3-5-12/h1-7,10,17H,8-9H2. The fraction of sp³-hybridized carbons (Fsp3) is 0.143. The highest BCUT2D eigenvalue weighted by Gasteiger charge is 2.00. The molecule has 0 aliphatic rings. The first kappa shape index (κ1) is 13.2. The van der Waals surface area contributed by atoms with Gasteiger partial charge in [-0.1, -0.05) is 29.8 Å². The van der Waals surface area contributed by atoms with Crippen LogP contribution in [0, 0.1) is 0 Å².